The molecule has 4 aliphatic carbocycles. The first-order valence-electron chi connectivity index (χ1n) is 14.0. The van der Waals surface area contributed by atoms with Gasteiger partial charge >= 0.3 is 5.97 Å². The summed E-state index contributed by atoms with van der Waals surface area (Å²) in [5, 5.41) is 11.6. The summed E-state index contributed by atoms with van der Waals surface area (Å²) in [5.41, 5.74) is 0.504. The van der Waals surface area contributed by atoms with Gasteiger partial charge in [0.25, 0.3) is 0 Å². The number of carbonyl (C=O) groups is 1. The van der Waals surface area contributed by atoms with Crippen molar-refractivity contribution in [1.82, 2.24) is 0 Å². The Balaban J connectivity index is 1.51. The Hall–Kier alpha value is -0.0900. The quantitative estimate of drug-likeness (QED) is 0.288. The summed E-state index contributed by atoms with van der Waals surface area (Å²) in [6, 6.07) is 0. The minimum Gasteiger partial charge on any atom is -0.463 e. The third kappa shape index (κ3) is 4.36. The first-order chi connectivity index (χ1) is 15.4. The van der Waals surface area contributed by atoms with Gasteiger partial charge in [-0.05, 0) is 91.3 Å². The van der Waals surface area contributed by atoms with Gasteiger partial charge in [0.1, 0.15) is 6.10 Å². The van der Waals surface area contributed by atoms with Gasteiger partial charge in [-0.15, -0.1) is 0 Å². The van der Waals surface area contributed by atoms with Gasteiger partial charge in [-0.2, -0.15) is 0 Å². The number of hydrogen-bond donors (Lipinski definition) is 1. The van der Waals surface area contributed by atoms with Gasteiger partial charge < -0.3 is 9.84 Å². The number of esters is 1. The van der Waals surface area contributed by atoms with Crippen LogP contribution in [-0.2, 0) is 9.53 Å². The topological polar surface area (TPSA) is 46.5 Å². The number of hydrogen-bond acceptors (Lipinski definition) is 3. The van der Waals surface area contributed by atoms with Crippen LogP contribution < -0.4 is 0 Å². The Labute approximate surface area is 211 Å². The monoisotopic (exact) mass is 524 g/mol. The number of fused-ring (bicyclic) bond motifs is 5. The molecule has 0 spiro atoms. The smallest absolute Gasteiger partial charge is 0.302 e. The van der Waals surface area contributed by atoms with E-state index in [1.807, 2.05) is 0 Å². The first kappa shape index (κ1) is 26.0. The van der Waals surface area contributed by atoms with Crippen molar-refractivity contribution in [3.8, 4) is 0 Å². The SMILES string of the molecule is CC(=O)O[C@H]1CC[C@]2(C)[C@H]3CC[C@]4(C)[C@@H]([C@H](C)CCCC(C)C)CC[C@H]4[C@@H]3C[C@H](O)[C@@]2(Br)C1. The van der Waals surface area contributed by atoms with Crippen molar-refractivity contribution in [3.63, 3.8) is 0 Å². The van der Waals surface area contributed by atoms with Gasteiger partial charge in [0.2, 0.25) is 0 Å². The van der Waals surface area contributed by atoms with Crippen LogP contribution in [0.4, 0.5) is 0 Å². The van der Waals surface area contributed by atoms with Gasteiger partial charge in [-0.1, -0.05) is 69.8 Å². The van der Waals surface area contributed by atoms with Crippen LogP contribution >= 0.6 is 15.9 Å². The van der Waals surface area contributed by atoms with E-state index in [2.05, 4.69) is 50.5 Å². The summed E-state index contributed by atoms with van der Waals surface area (Å²) in [7, 11) is 0. The van der Waals surface area contributed by atoms with Crippen molar-refractivity contribution >= 4 is 21.9 Å². The van der Waals surface area contributed by atoms with Crippen LogP contribution in [0.2, 0.25) is 0 Å². The molecule has 0 amide bonds. The molecule has 3 nitrogen and oxygen atoms in total. The third-order valence-electron chi connectivity index (χ3n) is 11.3. The maximum atomic E-state index is 11.6. The predicted molar refractivity (Wildman–Crippen MR) is 138 cm³/mol. The van der Waals surface area contributed by atoms with Crippen LogP contribution in [-0.4, -0.2) is 27.6 Å². The second kappa shape index (κ2) is 9.41. The molecule has 0 radical (unpaired) electrons. The molecule has 10 atom stereocenters. The lowest BCUT2D eigenvalue weighted by Gasteiger charge is -2.65. The van der Waals surface area contributed by atoms with Crippen LogP contribution in [0.3, 0.4) is 0 Å². The molecule has 4 fully saturated rings. The van der Waals surface area contributed by atoms with Gasteiger partial charge in [0.15, 0.2) is 0 Å². The van der Waals surface area contributed by atoms with Crippen molar-refractivity contribution < 1.29 is 14.6 Å². The summed E-state index contributed by atoms with van der Waals surface area (Å²) >= 11 is 4.11. The van der Waals surface area contributed by atoms with Gasteiger partial charge in [-0.25, -0.2) is 0 Å². The molecule has 4 rings (SSSR count). The number of aliphatic hydroxyl groups excluding tert-OH is 1. The predicted octanol–water partition coefficient (Wildman–Crippen LogP) is 7.53. The standard InChI is InChI=1S/C29H49BrO3/c1-18(2)8-7-9-19(3)23-10-11-24-22-16-26(32)29(30)17-21(33-20(4)31)12-15-28(29,6)25(22)13-14-27(23,24)5/h18-19,21-26,32H,7-17H2,1-6H3/t19-,21+,22+,23-,24+,25+,26+,27-,28-,29+/m1/s1. The first-order valence-corrected chi connectivity index (χ1v) is 14.8. The minimum atomic E-state index is -0.369. The Morgan fingerprint density at radius 2 is 1.79 bits per heavy atom. The van der Waals surface area contributed by atoms with E-state index in [0.717, 1.165) is 49.4 Å². The average Bonchev–Trinajstić information content (AvgIpc) is 3.07. The second-order valence-corrected chi connectivity index (χ2v) is 14.8. The van der Waals surface area contributed by atoms with Crippen molar-refractivity contribution in [1.29, 1.82) is 0 Å². The van der Waals surface area contributed by atoms with Crippen LogP contribution in [0.15, 0.2) is 0 Å². The normalized spacial score (nSPS) is 48.0. The number of aliphatic hydroxyl groups is 1. The highest BCUT2D eigenvalue weighted by Gasteiger charge is 2.67. The zero-order valence-corrected chi connectivity index (χ0v) is 23.6. The molecule has 0 heterocycles. The summed E-state index contributed by atoms with van der Waals surface area (Å²) < 4.78 is 5.29. The summed E-state index contributed by atoms with van der Waals surface area (Å²) in [5.74, 6) is 4.31. The lowest BCUT2D eigenvalue weighted by Crippen LogP contribution is -2.66. The molecule has 190 valence electrons. The minimum absolute atomic E-state index is 0.0638. The van der Waals surface area contributed by atoms with Crippen LogP contribution in [0.25, 0.3) is 0 Å². The van der Waals surface area contributed by atoms with E-state index in [-0.39, 0.29) is 27.9 Å². The van der Waals surface area contributed by atoms with Crippen molar-refractivity contribution in [2.24, 2.45) is 46.3 Å². The number of halogens is 1. The maximum absolute atomic E-state index is 11.6. The van der Waals surface area contributed by atoms with E-state index < -0.39 is 0 Å². The van der Waals surface area contributed by atoms with E-state index in [1.54, 1.807) is 0 Å². The fourth-order valence-electron chi connectivity index (χ4n) is 9.56. The largest absolute Gasteiger partial charge is 0.463 e. The maximum Gasteiger partial charge on any atom is 0.302 e. The molecule has 0 bridgehead atoms. The van der Waals surface area contributed by atoms with E-state index >= 15 is 0 Å². The van der Waals surface area contributed by atoms with Gasteiger partial charge in [0, 0.05) is 13.3 Å². The highest BCUT2D eigenvalue weighted by Crippen LogP contribution is 2.70. The molecular formula is C29H49BrO3. The molecule has 1 N–H and O–H groups in total. The van der Waals surface area contributed by atoms with Crippen LogP contribution in [0.5, 0.6) is 0 Å². The fourth-order valence-corrected chi connectivity index (χ4v) is 10.6. The molecule has 0 aromatic heterocycles. The Bertz CT molecular complexity index is 724. The van der Waals surface area contributed by atoms with Crippen LogP contribution in [0, 0.1) is 46.3 Å². The lowest BCUT2D eigenvalue weighted by atomic mass is 9.43. The highest BCUT2D eigenvalue weighted by molar-refractivity contribution is 9.10. The molecule has 4 saturated carbocycles. The molecule has 33 heavy (non-hydrogen) atoms. The second-order valence-electron chi connectivity index (χ2n) is 13.4. The molecule has 0 unspecified atom stereocenters. The summed E-state index contributed by atoms with van der Waals surface area (Å²) in [6.45, 7) is 13.8. The Kier molecular flexibility index (Phi) is 7.41. The average molecular weight is 526 g/mol. The number of rotatable bonds is 6. The van der Waals surface area contributed by atoms with Gasteiger partial charge in [-0.3, -0.25) is 4.79 Å². The summed E-state index contributed by atoms with van der Waals surface area (Å²) in [4.78, 5) is 11.6. The van der Waals surface area contributed by atoms with E-state index in [0.29, 0.717) is 17.3 Å². The number of alkyl halides is 1. The molecule has 0 saturated heterocycles. The summed E-state index contributed by atoms with van der Waals surface area (Å²) in [6.07, 6.45) is 12.6. The zero-order valence-electron chi connectivity index (χ0n) is 22.0. The molecular weight excluding hydrogens is 476 g/mol. The zero-order chi connectivity index (χ0) is 24.2. The van der Waals surface area contributed by atoms with Crippen LogP contribution in [0.1, 0.15) is 112 Å². The third-order valence-corrected chi connectivity index (χ3v) is 13.0. The molecule has 4 aliphatic rings. The van der Waals surface area contributed by atoms with Crippen molar-refractivity contribution in [3.05, 3.63) is 0 Å². The van der Waals surface area contributed by atoms with Gasteiger partial charge in [0.05, 0.1) is 10.4 Å². The molecule has 0 aliphatic heterocycles. The molecule has 0 aromatic rings. The van der Waals surface area contributed by atoms with Crippen molar-refractivity contribution in [2.75, 3.05) is 0 Å². The Morgan fingerprint density at radius 1 is 1.06 bits per heavy atom. The van der Waals surface area contributed by atoms with E-state index in [9.17, 15) is 9.90 Å². The van der Waals surface area contributed by atoms with E-state index in [4.69, 9.17) is 4.74 Å². The highest BCUT2D eigenvalue weighted by atomic mass is 79.9. The number of ether oxygens (including phenoxy) is 1. The van der Waals surface area contributed by atoms with Crippen molar-refractivity contribution in [2.45, 2.75) is 129 Å². The lowest BCUT2D eigenvalue weighted by molar-refractivity contribution is -0.170. The fraction of sp³-hybridized carbons (Fsp3) is 0.966. The van der Waals surface area contributed by atoms with E-state index in [1.165, 1.54) is 51.9 Å². The Morgan fingerprint density at radius 3 is 2.45 bits per heavy atom. The number of carbonyl (C=O) groups excluding carboxylic acids is 1. The molecule has 0 aromatic carbocycles. The molecule has 4 heteroatoms.